The number of hydrogen-bond acceptors (Lipinski definition) is 4. The fourth-order valence-corrected chi connectivity index (χ4v) is 5.85. The topological polar surface area (TPSA) is 61.9 Å². The number of ether oxygens (including phenoxy) is 1. The minimum atomic E-state index is -0.202. The van der Waals surface area contributed by atoms with Gasteiger partial charge in [0.15, 0.2) is 0 Å². The van der Waals surface area contributed by atoms with Gasteiger partial charge in [-0.05, 0) is 78.6 Å². The second kappa shape index (κ2) is 14.1. The fraction of sp³-hybridized carbons (Fsp3) is 0.158. The monoisotopic (exact) mass is 615 g/mol. The van der Waals surface area contributed by atoms with E-state index in [1.807, 2.05) is 102 Å². The maximum atomic E-state index is 13.8. The van der Waals surface area contributed by atoms with E-state index in [0.29, 0.717) is 40.7 Å². The largest absolute Gasteiger partial charge is 0.492 e. The molecule has 0 saturated carbocycles. The van der Waals surface area contributed by atoms with Crippen LogP contribution in [0, 0.1) is 0 Å². The van der Waals surface area contributed by atoms with Crippen LogP contribution in [0.1, 0.15) is 33.6 Å². The van der Waals surface area contributed by atoms with Crippen molar-refractivity contribution in [2.75, 3.05) is 41.4 Å². The highest BCUT2D eigenvalue weighted by molar-refractivity contribution is 6.32. The highest BCUT2D eigenvalue weighted by atomic mass is 35.5. The Hall–Kier alpha value is -5.07. The zero-order valence-corrected chi connectivity index (χ0v) is 25.6. The van der Waals surface area contributed by atoms with E-state index in [1.165, 1.54) is 0 Å². The van der Waals surface area contributed by atoms with Crippen LogP contribution >= 0.6 is 11.6 Å². The van der Waals surface area contributed by atoms with Gasteiger partial charge in [0, 0.05) is 36.4 Å². The number of para-hydroxylation sites is 3. The third kappa shape index (κ3) is 7.03. The maximum absolute atomic E-state index is 13.8. The van der Waals surface area contributed by atoms with Crippen molar-refractivity contribution in [3.63, 3.8) is 0 Å². The number of rotatable bonds is 9. The number of carbonyl (C=O) groups excluding carboxylic acids is 2. The van der Waals surface area contributed by atoms with Gasteiger partial charge in [0.05, 0.1) is 23.0 Å². The summed E-state index contributed by atoms with van der Waals surface area (Å²) in [4.78, 5) is 31.3. The Bertz CT molecular complexity index is 1780. The molecule has 1 N–H and O–H groups in total. The molecule has 0 aliphatic carbocycles. The Kier molecular flexibility index (Phi) is 9.42. The molecule has 0 bridgehead atoms. The summed E-state index contributed by atoms with van der Waals surface area (Å²) < 4.78 is 5.90. The van der Waals surface area contributed by atoms with Gasteiger partial charge >= 0.3 is 0 Å². The Balaban J connectivity index is 1.12. The summed E-state index contributed by atoms with van der Waals surface area (Å²) in [6.07, 6.45) is 1.65. The van der Waals surface area contributed by atoms with Crippen molar-refractivity contribution in [1.82, 2.24) is 0 Å². The first-order valence-corrected chi connectivity index (χ1v) is 15.6. The summed E-state index contributed by atoms with van der Waals surface area (Å²) in [5, 5.41) is 3.60. The maximum Gasteiger partial charge on any atom is 0.258 e. The Morgan fingerprint density at radius 2 is 1.42 bits per heavy atom. The fourth-order valence-electron chi connectivity index (χ4n) is 5.66. The highest BCUT2D eigenvalue weighted by Gasteiger charge is 2.25. The molecular weight excluding hydrogens is 582 g/mol. The lowest BCUT2D eigenvalue weighted by Crippen LogP contribution is -2.31. The smallest absolute Gasteiger partial charge is 0.258 e. The first-order valence-electron chi connectivity index (χ1n) is 15.2. The molecule has 1 heterocycles. The van der Waals surface area contributed by atoms with Crippen LogP contribution in [-0.4, -0.2) is 38.1 Å². The van der Waals surface area contributed by atoms with Crippen molar-refractivity contribution < 1.29 is 14.3 Å². The third-order valence-electron chi connectivity index (χ3n) is 7.88. The number of amides is 2. The van der Waals surface area contributed by atoms with E-state index in [-0.39, 0.29) is 11.8 Å². The second-order valence-electron chi connectivity index (χ2n) is 10.9. The van der Waals surface area contributed by atoms with Crippen LogP contribution < -0.4 is 19.9 Å². The van der Waals surface area contributed by atoms with Crippen molar-refractivity contribution in [3.05, 3.63) is 144 Å². The number of benzene rings is 5. The molecule has 5 aromatic carbocycles. The molecule has 6 rings (SSSR count). The van der Waals surface area contributed by atoms with Crippen LogP contribution in [0.5, 0.6) is 5.75 Å². The predicted octanol–water partition coefficient (Wildman–Crippen LogP) is 8.59. The van der Waals surface area contributed by atoms with Crippen LogP contribution in [-0.2, 0) is 0 Å². The van der Waals surface area contributed by atoms with Crippen LogP contribution in [0.15, 0.2) is 127 Å². The molecule has 2 amide bonds. The molecule has 7 heteroatoms. The SMILES string of the molecule is O=C(Nc1ccc(C(=O)N2CCCN(CCCOc3ccccc3Cl)c3ccccc32)cc1)c1ccccc1-c1ccccc1. The van der Waals surface area contributed by atoms with E-state index in [9.17, 15) is 9.59 Å². The summed E-state index contributed by atoms with van der Waals surface area (Å²) >= 11 is 6.23. The predicted molar refractivity (Wildman–Crippen MR) is 183 cm³/mol. The molecular formula is C38H34ClN3O3. The van der Waals surface area contributed by atoms with Crippen LogP contribution in [0.2, 0.25) is 5.02 Å². The van der Waals surface area contributed by atoms with Crippen molar-refractivity contribution >= 4 is 40.5 Å². The lowest BCUT2D eigenvalue weighted by molar-refractivity contribution is 0.0986. The van der Waals surface area contributed by atoms with Crippen LogP contribution in [0.3, 0.4) is 0 Å². The van der Waals surface area contributed by atoms with Crippen molar-refractivity contribution in [2.45, 2.75) is 12.8 Å². The van der Waals surface area contributed by atoms with Gasteiger partial charge in [-0.3, -0.25) is 9.59 Å². The third-order valence-corrected chi connectivity index (χ3v) is 8.19. The van der Waals surface area contributed by atoms with E-state index in [2.05, 4.69) is 16.3 Å². The van der Waals surface area contributed by atoms with Gasteiger partial charge in [-0.15, -0.1) is 0 Å². The summed E-state index contributed by atoms with van der Waals surface area (Å²) in [7, 11) is 0. The standard InChI is InChI=1S/C38H34ClN3O3/c39-33-16-6-9-19-36(33)45-27-11-25-41-24-10-26-42(35-18-8-7-17-34(35)41)38(44)29-20-22-30(23-21-29)40-37(43)32-15-5-4-14-31(32)28-12-2-1-3-13-28/h1-9,12-23H,10-11,24-27H2,(H,40,43). The number of nitrogens with one attached hydrogen (secondary N) is 1. The normalized spacial score (nSPS) is 12.6. The van der Waals surface area contributed by atoms with Crippen molar-refractivity contribution in [3.8, 4) is 16.9 Å². The van der Waals surface area contributed by atoms with Crippen molar-refractivity contribution in [1.29, 1.82) is 0 Å². The highest BCUT2D eigenvalue weighted by Crippen LogP contribution is 2.34. The van der Waals surface area contributed by atoms with Crippen molar-refractivity contribution in [2.24, 2.45) is 0 Å². The van der Waals surface area contributed by atoms with Gasteiger partial charge in [-0.2, -0.15) is 0 Å². The number of carbonyl (C=O) groups is 2. The van der Waals surface area contributed by atoms with E-state index in [4.69, 9.17) is 16.3 Å². The van der Waals surface area contributed by atoms with Gasteiger partial charge in [0.25, 0.3) is 11.8 Å². The number of hydrogen-bond donors (Lipinski definition) is 1. The minimum absolute atomic E-state index is 0.0707. The zero-order chi connectivity index (χ0) is 31.0. The second-order valence-corrected chi connectivity index (χ2v) is 11.3. The lowest BCUT2D eigenvalue weighted by atomic mass is 9.99. The molecule has 0 radical (unpaired) electrons. The molecule has 1 aliphatic rings. The van der Waals surface area contributed by atoms with E-state index in [1.54, 1.807) is 24.3 Å². The van der Waals surface area contributed by atoms with E-state index < -0.39 is 0 Å². The molecule has 1 aliphatic heterocycles. The van der Waals surface area contributed by atoms with Gasteiger partial charge in [0.2, 0.25) is 0 Å². The first kappa shape index (κ1) is 30.0. The van der Waals surface area contributed by atoms with Crippen LogP contribution in [0.4, 0.5) is 17.1 Å². The number of nitrogens with zero attached hydrogens (tertiary/aromatic N) is 2. The quantitative estimate of drug-likeness (QED) is 0.169. The summed E-state index contributed by atoms with van der Waals surface area (Å²) in [6, 6.07) is 40.1. The van der Waals surface area contributed by atoms with Gasteiger partial charge in [0.1, 0.15) is 5.75 Å². The number of fused-ring (bicyclic) bond motifs is 1. The molecule has 0 unspecified atom stereocenters. The molecule has 226 valence electrons. The molecule has 0 fully saturated rings. The number of halogens is 1. The molecule has 5 aromatic rings. The zero-order valence-electron chi connectivity index (χ0n) is 24.9. The Labute approximate surface area is 268 Å². The van der Waals surface area contributed by atoms with Gasteiger partial charge < -0.3 is 19.9 Å². The molecule has 0 atom stereocenters. The molecule has 0 aromatic heterocycles. The Morgan fingerprint density at radius 1 is 0.733 bits per heavy atom. The van der Waals surface area contributed by atoms with Crippen LogP contribution in [0.25, 0.3) is 11.1 Å². The molecule has 45 heavy (non-hydrogen) atoms. The van der Waals surface area contributed by atoms with Gasteiger partial charge in [-0.25, -0.2) is 0 Å². The minimum Gasteiger partial charge on any atom is -0.492 e. The number of anilines is 3. The molecule has 6 nitrogen and oxygen atoms in total. The Morgan fingerprint density at radius 3 is 2.22 bits per heavy atom. The summed E-state index contributed by atoms with van der Waals surface area (Å²) in [5.74, 6) is 0.417. The van der Waals surface area contributed by atoms with Gasteiger partial charge in [-0.1, -0.05) is 84.4 Å². The van der Waals surface area contributed by atoms with E-state index >= 15 is 0 Å². The van der Waals surface area contributed by atoms with E-state index in [0.717, 1.165) is 48.4 Å². The molecule has 0 saturated heterocycles. The first-order chi connectivity index (χ1) is 22.1. The summed E-state index contributed by atoms with van der Waals surface area (Å²) in [5.41, 5.74) is 5.54. The average Bonchev–Trinajstić information content (AvgIpc) is 3.27. The lowest BCUT2D eigenvalue weighted by Gasteiger charge is -2.27. The summed E-state index contributed by atoms with van der Waals surface area (Å²) in [6.45, 7) is 2.79. The molecule has 0 spiro atoms. The average molecular weight is 616 g/mol.